The van der Waals surface area contributed by atoms with Crippen molar-refractivity contribution in [3.63, 3.8) is 0 Å². The number of hydrogen-bond acceptors (Lipinski definition) is 3. The minimum Gasteiger partial charge on any atom is -0.481 e. The van der Waals surface area contributed by atoms with E-state index in [2.05, 4.69) is 9.97 Å². The third-order valence-electron chi connectivity index (χ3n) is 2.44. The molecular formula is C13H12N2O3. The van der Waals surface area contributed by atoms with Crippen molar-refractivity contribution in [3.8, 4) is 11.3 Å². The minimum absolute atomic E-state index is 0.0456. The molecule has 0 saturated carbocycles. The van der Waals surface area contributed by atoms with Crippen LogP contribution < -0.4 is 5.56 Å². The van der Waals surface area contributed by atoms with Gasteiger partial charge in [-0.05, 0) is 18.6 Å². The SMILES string of the molecule is Cc1nc(-c2cccc(CC(=O)O)c2)cc(=O)[nH]1. The van der Waals surface area contributed by atoms with Crippen LogP contribution in [0.4, 0.5) is 0 Å². The summed E-state index contributed by atoms with van der Waals surface area (Å²) in [4.78, 5) is 28.8. The molecule has 0 saturated heterocycles. The predicted octanol–water partition coefficient (Wildman–Crippen LogP) is 1.37. The number of nitrogens with zero attached hydrogens (tertiary/aromatic N) is 1. The van der Waals surface area contributed by atoms with Gasteiger partial charge in [-0.3, -0.25) is 9.59 Å². The number of H-pyrrole nitrogens is 1. The fourth-order valence-corrected chi connectivity index (χ4v) is 1.74. The number of hydrogen-bond donors (Lipinski definition) is 2. The first-order valence-corrected chi connectivity index (χ1v) is 5.43. The van der Waals surface area contributed by atoms with Crippen LogP contribution in [0.3, 0.4) is 0 Å². The van der Waals surface area contributed by atoms with Gasteiger partial charge >= 0.3 is 5.97 Å². The molecule has 0 aliphatic rings. The molecular weight excluding hydrogens is 232 g/mol. The molecule has 0 amide bonds. The third-order valence-corrected chi connectivity index (χ3v) is 2.44. The Bertz CT molecular complexity index is 647. The van der Waals surface area contributed by atoms with Crippen molar-refractivity contribution < 1.29 is 9.90 Å². The molecule has 0 aliphatic carbocycles. The second-order valence-corrected chi connectivity index (χ2v) is 3.99. The Morgan fingerprint density at radius 2 is 2.17 bits per heavy atom. The number of aromatic amines is 1. The average molecular weight is 244 g/mol. The summed E-state index contributed by atoms with van der Waals surface area (Å²) in [7, 11) is 0. The van der Waals surface area contributed by atoms with E-state index in [9.17, 15) is 9.59 Å². The summed E-state index contributed by atoms with van der Waals surface area (Å²) in [6.45, 7) is 1.70. The summed E-state index contributed by atoms with van der Waals surface area (Å²) in [5, 5.41) is 8.75. The van der Waals surface area contributed by atoms with Crippen LogP contribution in [0, 0.1) is 6.92 Å². The van der Waals surface area contributed by atoms with E-state index in [1.54, 1.807) is 31.2 Å². The summed E-state index contributed by atoms with van der Waals surface area (Å²) >= 11 is 0. The summed E-state index contributed by atoms with van der Waals surface area (Å²) in [6.07, 6.45) is -0.0456. The topological polar surface area (TPSA) is 83.0 Å². The number of aryl methyl sites for hydroxylation is 1. The minimum atomic E-state index is -0.887. The number of carboxylic acid groups (broad SMARTS) is 1. The quantitative estimate of drug-likeness (QED) is 0.854. The fraction of sp³-hybridized carbons (Fsp3) is 0.154. The fourth-order valence-electron chi connectivity index (χ4n) is 1.74. The van der Waals surface area contributed by atoms with Gasteiger partial charge in [-0.1, -0.05) is 18.2 Å². The van der Waals surface area contributed by atoms with E-state index in [1.165, 1.54) is 6.07 Å². The highest BCUT2D eigenvalue weighted by Gasteiger charge is 2.05. The largest absolute Gasteiger partial charge is 0.481 e. The molecule has 2 N–H and O–H groups in total. The smallest absolute Gasteiger partial charge is 0.307 e. The van der Waals surface area contributed by atoms with E-state index in [1.807, 2.05) is 0 Å². The number of carboxylic acids is 1. The highest BCUT2D eigenvalue weighted by atomic mass is 16.4. The van der Waals surface area contributed by atoms with Crippen molar-refractivity contribution in [1.82, 2.24) is 9.97 Å². The van der Waals surface area contributed by atoms with Crippen LogP contribution in [0.1, 0.15) is 11.4 Å². The molecule has 2 rings (SSSR count). The molecule has 0 aliphatic heterocycles. The Kier molecular flexibility index (Phi) is 3.23. The molecule has 1 heterocycles. The van der Waals surface area contributed by atoms with Gasteiger partial charge in [0.1, 0.15) is 5.82 Å². The lowest BCUT2D eigenvalue weighted by Crippen LogP contribution is -2.08. The third kappa shape index (κ3) is 2.82. The van der Waals surface area contributed by atoms with Gasteiger partial charge in [-0.2, -0.15) is 0 Å². The van der Waals surface area contributed by atoms with E-state index in [4.69, 9.17) is 5.11 Å². The molecule has 5 heteroatoms. The number of carbonyl (C=O) groups is 1. The number of aliphatic carboxylic acids is 1. The molecule has 0 radical (unpaired) electrons. The lowest BCUT2D eigenvalue weighted by molar-refractivity contribution is -0.136. The highest BCUT2D eigenvalue weighted by molar-refractivity contribution is 5.71. The van der Waals surface area contributed by atoms with Crippen molar-refractivity contribution in [2.45, 2.75) is 13.3 Å². The summed E-state index contributed by atoms with van der Waals surface area (Å²) < 4.78 is 0. The van der Waals surface area contributed by atoms with Gasteiger partial charge in [0.15, 0.2) is 0 Å². The number of benzene rings is 1. The van der Waals surface area contributed by atoms with E-state index in [0.717, 1.165) is 5.56 Å². The Morgan fingerprint density at radius 3 is 2.83 bits per heavy atom. The van der Waals surface area contributed by atoms with E-state index < -0.39 is 5.97 Å². The van der Waals surface area contributed by atoms with E-state index in [0.29, 0.717) is 17.1 Å². The first kappa shape index (κ1) is 12.0. The highest BCUT2D eigenvalue weighted by Crippen LogP contribution is 2.17. The van der Waals surface area contributed by atoms with Crippen molar-refractivity contribution in [2.24, 2.45) is 0 Å². The molecule has 1 aromatic heterocycles. The Hall–Kier alpha value is -2.43. The van der Waals surface area contributed by atoms with Crippen LogP contribution in [0.5, 0.6) is 0 Å². The van der Waals surface area contributed by atoms with Crippen molar-refractivity contribution in [2.75, 3.05) is 0 Å². The van der Waals surface area contributed by atoms with Crippen LogP contribution in [-0.2, 0) is 11.2 Å². The average Bonchev–Trinajstić information content (AvgIpc) is 2.27. The molecule has 0 unspecified atom stereocenters. The second kappa shape index (κ2) is 4.83. The lowest BCUT2D eigenvalue weighted by Gasteiger charge is -2.04. The maximum absolute atomic E-state index is 11.4. The maximum atomic E-state index is 11.4. The zero-order valence-corrected chi connectivity index (χ0v) is 9.80. The second-order valence-electron chi connectivity index (χ2n) is 3.99. The molecule has 0 atom stereocenters. The van der Waals surface area contributed by atoms with Gasteiger partial charge in [0.25, 0.3) is 5.56 Å². The first-order valence-electron chi connectivity index (χ1n) is 5.43. The lowest BCUT2D eigenvalue weighted by atomic mass is 10.1. The zero-order valence-electron chi connectivity index (χ0n) is 9.80. The van der Waals surface area contributed by atoms with Crippen LogP contribution in [0.25, 0.3) is 11.3 Å². The van der Waals surface area contributed by atoms with Crippen LogP contribution in [0.15, 0.2) is 35.1 Å². The van der Waals surface area contributed by atoms with E-state index in [-0.39, 0.29) is 12.0 Å². The summed E-state index contributed by atoms with van der Waals surface area (Å²) in [5.74, 6) is -0.358. The van der Waals surface area contributed by atoms with Gasteiger partial charge < -0.3 is 10.1 Å². The van der Waals surface area contributed by atoms with Crippen LogP contribution >= 0.6 is 0 Å². The van der Waals surface area contributed by atoms with Crippen LogP contribution in [0.2, 0.25) is 0 Å². The van der Waals surface area contributed by atoms with Crippen LogP contribution in [-0.4, -0.2) is 21.0 Å². The molecule has 5 nitrogen and oxygen atoms in total. The van der Waals surface area contributed by atoms with Gasteiger partial charge in [-0.25, -0.2) is 4.98 Å². The zero-order chi connectivity index (χ0) is 13.1. The van der Waals surface area contributed by atoms with Gasteiger partial charge in [0, 0.05) is 11.6 Å². The number of aromatic nitrogens is 2. The van der Waals surface area contributed by atoms with Crippen molar-refractivity contribution in [1.29, 1.82) is 0 Å². The normalized spacial score (nSPS) is 10.3. The molecule has 0 fully saturated rings. The molecule has 0 spiro atoms. The maximum Gasteiger partial charge on any atom is 0.307 e. The Morgan fingerprint density at radius 1 is 1.39 bits per heavy atom. The first-order chi connectivity index (χ1) is 8.54. The van der Waals surface area contributed by atoms with Crippen molar-refractivity contribution >= 4 is 5.97 Å². The predicted molar refractivity (Wildman–Crippen MR) is 66.4 cm³/mol. The van der Waals surface area contributed by atoms with Gasteiger partial charge in [-0.15, -0.1) is 0 Å². The summed E-state index contributed by atoms with van der Waals surface area (Å²) in [5.41, 5.74) is 1.74. The number of nitrogens with one attached hydrogen (secondary N) is 1. The summed E-state index contributed by atoms with van der Waals surface area (Å²) in [6, 6.07) is 8.41. The standard InChI is InChI=1S/C13H12N2O3/c1-8-14-11(7-12(16)15-8)10-4-2-3-9(5-10)6-13(17)18/h2-5,7H,6H2,1H3,(H,17,18)(H,14,15,16). The number of rotatable bonds is 3. The van der Waals surface area contributed by atoms with Crippen molar-refractivity contribution in [3.05, 3.63) is 52.1 Å². The molecule has 1 aromatic carbocycles. The van der Waals surface area contributed by atoms with E-state index >= 15 is 0 Å². The molecule has 18 heavy (non-hydrogen) atoms. The Labute approximate surface area is 103 Å². The molecule has 2 aromatic rings. The Balaban J connectivity index is 2.44. The van der Waals surface area contributed by atoms with Gasteiger partial charge in [0.05, 0.1) is 12.1 Å². The molecule has 0 bridgehead atoms. The molecule has 92 valence electrons. The monoisotopic (exact) mass is 244 g/mol. The van der Waals surface area contributed by atoms with Gasteiger partial charge in [0.2, 0.25) is 0 Å².